The fourth-order valence-corrected chi connectivity index (χ4v) is 2.68. The van der Waals surface area contributed by atoms with Crippen molar-refractivity contribution in [1.82, 2.24) is 4.57 Å². The average Bonchev–Trinajstić information content (AvgIpc) is 3.21. The molecule has 3 heteroatoms. The smallest absolute Gasteiger partial charge is 0.123 e. The molecule has 0 saturated heterocycles. The second-order valence-electron chi connectivity index (χ2n) is 5.50. The lowest BCUT2D eigenvalue weighted by Gasteiger charge is -2.06. The van der Waals surface area contributed by atoms with Crippen molar-refractivity contribution >= 4 is 10.9 Å². The Bertz CT molecular complexity index is 606. The predicted octanol–water partition coefficient (Wildman–Crippen LogP) is 3.06. The van der Waals surface area contributed by atoms with Gasteiger partial charge in [-0.15, -0.1) is 0 Å². The molecule has 4 rings (SSSR count). The van der Waals surface area contributed by atoms with E-state index in [2.05, 4.69) is 10.8 Å². The van der Waals surface area contributed by atoms with Crippen molar-refractivity contribution in [2.24, 2.45) is 5.73 Å². The number of benzene rings is 1. The molecule has 2 nitrogen and oxygen atoms in total. The Hall–Kier alpha value is -1.35. The maximum atomic E-state index is 13.4. The Morgan fingerprint density at radius 1 is 1.29 bits per heavy atom. The van der Waals surface area contributed by atoms with Crippen LogP contribution in [-0.4, -0.2) is 4.57 Å². The van der Waals surface area contributed by atoms with Crippen molar-refractivity contribution in [3.8, 4) is 0 Å². The molecule has 0 aliphatic heterocycles. The predicted molar refractivity (Wildman–Crippen MR) is 65.3 cm³/mol. The van der Waals surface area contributed by atoms with Crippen molar-refractivity contribution in [2.45, 2.75) is 37.3 Å². The molecular formula is C14H15FN2. The molecule has 0 radical (unpaired) electrons. The van der Waals surface area contributed by atoms with Crippen LogP contribution >= 0.6 is 0 Å². The first-order valence-electron chi connectivity index (χ1n) is 6.27. The highest BCUT2D eigenvalue weighted by Crippen LogP contribution is 2.48. The lowest BCUT2D eigenvalue weighted by molar-refractivity contribution is 0.629. The number of nitrogens with zero attached hydrogens (tertiary/aromatic N) is 1. The summed E-state index contributed by atoms with van der Waals surface area (Å²) in [4.78, 5) is 0. The summed E-state index contributed by atoms with van der Waals surface area (Å²) in [6, 6.07) is 5.68. The largest absolute Gasteiger partial charge is 0.344 e. The Morgan fingerprint density at radius 3 is 2.71 bits per heavy atom. The second-order valence-corrected chi connectivity index (χ2v) is 5.50. The van der Waals surface area contributed by atoms with Gasteiger partial charge in [0.05, 0.1) is 0 Å². The van der Waals surface area contributed by atoms with Gasteiger partial charge >= 0.3 is 0 Å². The van der Waals surface area contributed by atoms with Gasteiger partial charge in [0.2, 0.25) is 0 Å². The van der Waals surface area contributed by atoms with Crippen LogP contribution in [0.4, 0.5) is 4.39 Å². The molecule has 0 atom stereocenters. The van der Waals surface area contributed by atoms with Gasteiger partial charge < -0.3 is 10.3 Å². The van der Waals surface area contributed by atoms with Crippen molar-refractivity contribution in [3.63, 3.8) is 0 Å². The van der Waals surface area contributed by atoms with Crippen molar-refractivity contribution < 1.29 is 4.39 Å². The highest BCUT2D eigenvalue weighted by atomic mass is 19.1. The van der Waals surface area contributed by atoms with E-state index in [4.69, 9.17) is 5.73 Å². The quantitative estimate of drug-likeness (QED) is 0.844. The Labute approximate surface area is 99.2 Å². The summed E-state index contributed by atoms with van der Waals surface area (Å²) in [5, 5.41) is 1.01. The fraction of sp³-hybridized carbons (Fsp3) is 0.429. The highest BCUT2D eigenvalue weighted by molar-refractivity contribution is 5.86. The lowest BCUT2D eigenvalue weighted by Crippen LogP contribution is -2.18. The number of fused-ring (bicyclic) bond motifs is 1. The van der Waals surface area contributed by atoms with Crippen LogP contribution in [0.5, 0.6) is 0 Å². The molecule has 0 spiro atoms. The SMILES string of the molecule is NC1(c2cn(C3CC3)c3ccc(F)cc23)CC1. The third-order valence-corrected chi connectivity index (χ3v) is 4.06. The average molecular weight is 230 g/mol. The molecule has 1 aromatic heterocycles. The van der Waals surface area contributed by atoms with Crippen LogP contribution in [0.2, 0.25) is 0 Å². The third kappa shape index (κ3) is 1.35. The maximum Gasteiger partial charge on any atom is 0.123 e. The van der Waals surface area contributed by atoms with Gasteiger partial charge in [0.1, 0.15) is 5.82 Å². The van der Waals surface area contributed by atoms with Crippen LogP contribution in [0.1, 0.15) is 37.3 Å². The van der Waals surface area contributed by atoms with E-state index in [1.54, 1.807) is 12.1 Å². The Kier molecular flexibility index (Phi) is 1.65. The van der Waals surface area contributed by atoms with E-state index in [1.807, 2.05) is 6.07 Å². The number of rotatable bonds is 2. The molecule has 2 aliphatic rings. The molecule has 2 N–H and O–H groups in total. The van der Waals surface area contributed by atoms with Crippen LogP contribution in [0, 0.1) is 5.82 Å². The van der Waals surface area contributed by atoms with Gasteiger partial charge in [0.25, 0.3) is 0 Å². The van der Waals surface area contributed by atoms with Crippen molar-refractivity contribution in [1.29, 1.82) is 0 Å². The van der Waals surface area contributed by atoms with Gasteiger partial charge in [0.15, 0.2) is 0 Å². The monoisotopic (exact) mass is 230 g/mol. The van der Waals surface area contributed by atoms with Crippen LogP contribution < -0.4 is 5.73 Å². The van der Waals surface area contributed by atoms with E-state index in [1.165, 1.54) is 12.8 Å². The molecule has 2 saturated carbocycles. The van der Waals surface area contributed by atoms with Crippen LogP contribution in [0.3, 0.4) is 0 Å². The normalized spacial score (nSPS) is 22.0. The summed E-state index contributed by atoms with van der Waals surface area (Å²) in [7, 11) is 0. The Balaban J connectivity index is 2.02. The first-order valence-corrected chi connectivity index (χ1v) is 6.27. The molecule has 0 unspecified atom stereocenters. The highest BCUT2D eigenvalue weighted by Gasteiger charge is 2.43. The molecule has 0 amide bonds. The fourth-order valence-electron chi connectivity index (χ4n) is 2.68. The van der Waals surface area contributed by atoms with Gasteiger partial charge in [0, 0.05) is 28.7 Å². The molecule has 2 aliphatic carbocycles. The topological polar surface area (TPSA) is 30.9 Å². The first kappa shape index (κ1) is 9.66. The second kappa shape index (κ2) is 2.91. The lowest BCUT2D eigenvalue weighted by atomic mass is 10.1. The third-order valence-electron chi connectivity index (χ3n) is 4.06. The minimum atomic E-state index is -0.188. The van der Waals surface area contributed by atoms with Crippen molar-refractivity contribution in [2.75, 3.05) is 0 Å². The minimum absolute atomic E-state index is 0.170. The summed E-state index contributed by atoms with van der Waals surface area (Å²) in [5.74, 6) is -0.170. The van der Waals surface area contributed by atoms with Gasteiger partial charge in [-0.1, -0.05) is 0 Å². The van der Waals surface area contributed by atoms with E-state index in [9.17, 15) is 4.39 Å². The number of halogens is 1. The number of hydrogen-bond acceptors (Lipinski definition) is 1. The molecule has 88 valence electrons. The summed E-state index contributed by atoms with van der Waals surface area (Å²) < 4.78 is 15.7. The zero-order chi connectivity index (χ0) is 11.6. The van der Waals surface area contributed by atoms with E-state index in [-0.39, 0.29) is 11.4 Å². The summed E-state index contributed by atoms with van der Waals surface area (Å²) in [5.41, 5.74) is 8.37. The summed E-state index contributed by atoms with van der Waals surface area (Å²) in [6.07, 6.45) is 6.67. The number of aromatic nitrogens is 1. The summed E-state index contributed by atoms with van der Waals surface area (Å²) >= 11 is 0. The standard InChI is InChI=1S/C14H15FN2/c15-9-1-4-13-11(7-9)12(14(16)5-6-14)8-17(13)10-2-3-10/h1,4,7-8,10H,2-3,5-6,16H2. The van der Waals surface area contributed by atoms with Crippen molar-refractivity contribution in [3.05, 3.63) is 35.8 Å². The first-order chi connectivity index (χ1) is 8.17. The molecule has 1 aromatic carbocycles. The molecule has 0 bridgehead atoms. The zero-order valence-electron chi connectivity index (χ0n) is 9.62. The van der Waals surface area contributed by atoms with E-state index in [0.717, 1.165) is 29.3 Å². The minimum Gasteiger partial charge on any atom is -0.344 e. The number of hydrogen-bond donors (Lipinski definition) is 1. The molecular weight excluding hydrogens is 215 g/mol. The molecule has 2 aromatic rings. The summed E-state index contributed by atoms with van der Waals surface area (Å²) in [6.45, 7) is 0. The number of nitrogens with two attached hydrogens (primary N) is 1. The van der Waals surface area contributed by atoms with E-state index in [0.29, 0.717) is 6.04 Å². The van der Waals surface area contributed by atoms with E-state index >= 15 is 0 Å². The zero-order valence-corrected chi connectivity index (χ0v) is 9.62. The molecule has 17 heavy (non-hydrogen) atoms. The van der Waals surface area contributed by atoms with Gasteiger partial charge in [-0.05, 0) is 49.4 Å². The Morgan fingerprint density at radius 2 is 2.06 bits per heavy atom. The maximum absolute atomic E-state index is 13.4. The van der Waals surface area contributed by atoms with Gasteiger partial charge in [-0.3, -0.25) is 0 Å². The van der Waals surface area contributed by atoms with Crippen LogP contribution in [0.25, 0.3) is 10.9 Å². The molecule has 2 fully saturated rings. The van der Waals surface area contributed by atoms with Crippen LogP contribution in [-0.2, 0) is 5.54 Å². The van der Waals surface area contributed by atoms with Gasteiger partial charge in [-0.25, -0.2) is 4.39 Å². The molecule has 1 heterocycles. The van der Waals surface area contributed by atoms with Crippen LogP contribution in [0.15, 0.2) is 24.4 Å². The van der Waals surface area contributed by atoms with Gasteiger partial charge in [-0.2, -0.15) is 0 Å². The van der Waals surface area contributed by atoms with E-state index < -0.39 is 0 Å².